The second-order valence-electron chi connectivity index (χ2n) is 5.72. The third kappa shape index (κ3) is 4.39. The maximum absolute atomic E-state index is 12.3. The van der Waals surface area contributed by atoms with Crippen molar-refractivity contribution in [1.82, 2.24) is 0 Å². The van der Waals surface area contributed by atoms with Crippen LogP contribution in [0.5, 0.6) is 0 Å². The summed E-state index contributed by atoms with van der Waals surface area (Å²) in [6, 6.07) is 11.7. The number of carbonyl (C=O) groups excluding carboxylic acids is 1. The summed E-state index contributed by atoms with van der Waals surface area (Å²) in [5.41, 5.74) is 2.30. The molecular weight excluding hydrogens is 308 g/mol. The normalized spacial score (nSPS) is 10.7. The van der Waals surface area contributed by atoms with E-state index in [2.05, 4.69) is 5.32 Å². The summed E-state index contributed by atoms with van der Waals surface area (Å²) in [5, 5.41) is 13.7. The van der Waals surface area contributed by atoms with Gasteiger partial charge in [-0.05, 0) is 44.5 Å². The Bertz CT molecular complexity index is 739. The van der Waals surface area contributed by atoms with Crippen molar-refractivity contribution >= 4 is 17.3 Å². The van der Waals surface area contributed by atoms with Crippen LogP contribution < -0.4 is 5.32 Å². The van der Waals surface area contributed by atoms with Gasteiger partial charge in [0.05, 0.1) is 28.9 Å². The summed E-state index contributed by atoms with van der Waals surface area (Å²) >= 11 is 0. The molecule has 0 fully saturated rings. The number of nitro benzene ring substituents is 1. The Balaban J connectivity index is 2.10. The first-order chi connectivity index (χ1) is 11.4. The molecule has 0 heterocycles. The predicted molar refractivity (Wildman–Crippen MR) is 92.2 cm³/mol. The van der Waals surface area contributed by atoms with Gasteiger partial charge in [0.15, 0.2) is 0 Å². The van der Waals surface area contributed by atoms with Crippen LogP contribution in [0.1, 0.15) is 35.3 Å². The van der Waals surface area contributed by atoms with Crippen LogP contribution in [0, 0.1) is 17.0 Å². The van der Waals surface area contributed by atoms with E-state index in [1.807, 2.05) is 26.0 Å². The Labute approximate surface area is 140 Å². The van der Waals surface area contributed by atoms with Crippen LogP contribution in [0.15, 0.2) is 42.5 Å². The van der Waals surface area contributed by atoms with Crippen molar-refractivity contribution in [2.24, 2.45) is 0 Å². The molecule has 1 N–H and O–H groups in total. The fourth-order valence-electron chi connectivity index (χ4n) is 2.17. The summed E-state index contributed by atoms with van der Waals surface area (Å²) in [6.45, 7) is 6.02. The highest BCUT2D eigenvalue weighted by Crippen LogP contribution is 2.25. The zero-order valence-electron chi connectivity index (χ0n) is 13.9. The third-order valence-electron chi connectivity index (χ3n) is 3.55. The maximum atomic E-state index is 12.3. The second kappa shape index (κ2) is 7.70. The molecule has 2 aromatic carbocycles. The second-order valence-corrected chi connectivity index (χ2v) is 5.72. The zero-order chi connectivity index (χ0) is 17.7. The minimum absolute atomic E-state index is 0.0195. The van der Waals surface area contributed by atoms with E-state index >= 15 is 0 Å². The van der Waals surface area contributed by atoms with E-state index in [0.717, 1.165) is 5.56 Å². The lowest BCUT2D eigenvalue weighted by atomic mass is 10.1. The molecule has 0 saturated carbocycles. The number of benzene rings is 2. The Morgan fingerprint density at radius 2 is 1.88 bits per heavy atom. The molecule has 0 aliphatic heterocycles. The van der Waals surface area contributed by atoms with Gasteiger partial charge in [0.2, 0.25) is 0 Å². The van der Waals surface area contributed by atoms with E-state index in [9.17, 15) is 14.9 Å². The lowest BCUT2D eigenvalue weighted by Gasteiger charge is -2.10. The van der Waals surface area contributed by atoms with Gasteiger partial charge in [-0.15, -0.1) is 0 Å². The molecule has 126 valence electrons. The molecule has 0 aromatic heterocycles. The van der Waals surface area contributed by atoms with Gasteiger partial charge in [-0.2, -0.15) is 0 Å². The fourth-order valence-corrected chi connectivity index (χ4v) is 2.17. The monoisotopic (exact) mass is 328 g/mol. The van der Waals surface area contributed by atoms with E-state index in [4.69, 9.17) is 4.74 Å². The van der Waals surface area contributed by atoms with Crippen molar-refractivity contribution in [3.05, 3.63) is 69.3 Å². The van der Waals surface area contributed by atoms with Crippen molar-refractivity contribution < 1.29 is 14.5 Å². The highest BCUT2D eigenvalue weighted by atomic mass is 16.6. The van der Waals surface area contributed by atoms with Gasteiger partial charge in [0.25, 0.3) is 11.6 Å². The molecule has 0 bridgehead atoms. The third-order valence-corrected chi connectivity index (χ3v) is 3.55. The van der Waals surface area contributed by atoms with E-state index in [-0.39, 0.29) is 17.7 Å². The van der Waals surface area contributed by atoms with Crippen molar-refractivity contribution in [1.29, 1.82) is 0 Å². The average molecular weight is 328 g/mol. The van der Waals surface area contributed by atoms with Crippen LogP contribution in [-0.4, -0.2) is 16.9 Å². The van der Waals surface area contributed by atoms with E-state index in [1.165, 1.54) is 6.07 Å². The van der Waals surface area contributed by atoms with Crippen molar-refractivity contribution in [2.75, 3.05) is 5.32 Å². The average Bonchev–Trinajstić information content (AvgIpc) is 2.55. The van der Waals surface area contributed by atoms with Crippen LogP contribution >= 0.6 is 0 Å². The van der Waals surface area contributed by atoms with E-state index < -0.39 is 4.92 Å². The summed E-state index contributed by atoms with van der Waals surface area (Å²) in [7, 11) is 0. The van der Waals surface area contributed by atoms with Crippen molar-refractivity contribution in [3.63, 3.8) is 0 Å². The predicted octanol–water partition coefficient (Wildman–Crippen LogP) is 4.08. The molecule has 2 aromatic rings. The number of amides is 1. The Morgan fingerprint density at radius 3 is 2.46 bits per heavy atom. The standard InChI is InChI=1S/C18H20N2O4/c1-12(2)24-11-14-7-9-15(10-8-14)18(21)19-16-5-4-6-17(13(16)3)20(22)23/h4-10,12H,11H2,1-3H3,(H,19,21). The number of nitro groups is 1. The van der Waals surface area contributed by atoms with E-state index in [1.54, 1.807) is 31.2 Å². The molecule has 24 heavy (non-hydrogen) atoms. The van der Waals surface area contributed by atoms with Crippen molar-refractivity contribution in [3.8, 4) is 0 Å². The largest absolute Gasteiger partial charge is 0.374 e. The molecule has 0 unspecified atom stereocenters. The first kappa shape index (κ1) is 17.6. The number of carbonyl (C=O) groups is 1. The topological polar surface area (TPSA) is 81.5 Å². The summed E-state index contributed by atoms with van der Waals surface area (Å²) < 4.78 is 5.51. The van der Waals surface area contributed by atoms with Gasteiger partial charge in [-0.1, -0.05) is 18.2 Å². The molecule has 0 radical (unpaired) electrons. The smallest absolute Gasteiger partial charge is 0.274 e. The highest BCUT2D eigenvalue weighted by Gasteiger charge is 2.15. The Hall–Kier alpha value is -2.73. The summed E-state index contributed by atoms with van der Waals surface area (Å²) in [6.07, 6.45) is 0.143. The van der Waals surface area contributed by atoms with Crippen LogP contribution in [-0.2, 0) is 11.3 Å². The lowest BCUT2D eigenvalue weighted by Crippen LogP contribution is -2.13. The van der Waals surface area contributed by atoms with Crippen LogP contribution in [0.2, 0.25) is 0 Å². The molecule has 0 saturated heterocycles. The van der Waals surface area contributed by atoms with Gasteiger partial charge in [0.1, 0.15) is 0 Å². The Morgan fingerprint density at radius 1 is 1.21 bits per heavy atom. The number of hydrogen-bond donors (Lipinski definition) is 1. The molecular formula is C18H20N2O4. The molecule has 0 atom stereocenters. The number of anilines is 1. The molecule has 0 aliphatic carbocycles. The molecule has 0 spiro atoms. The van der Waals surface area contributed by atoms with Gasteiger partial charge in [0, 0.05) is 11.6 Å². The highest BCUT2D eigenvalue weighted by molar-refractivity contribution is 6.04. The van der Waals surface area contributed by atoms with Gasteiger partial charge < -0.3 is 10.1 Å². The van der Waals surface area contributed by atoms with Gasteiger partial charge in [-0.3, -0.25) is 14.9 Å². The molecule has 6 nitrogen and oxygen atoms in total. The Kier molecular flexibility index (Phi) is 5.65. The summed E-state index contributed by atoms with van der Waals surface area (Å²) in [4.78, 5) is 22.8. The maximum Gasteiger partial charge on any atom is 0.274 e. The zero-order valence-corrected chi connectivity index (χ0v) is 13.9. The lowest BCUT2D eigenvalue weighted by molar-refractivity contribution is -0.385. The number of nitrogens with one attached hydrogen (secondary N) is 1. The number of ether oxygens (including phenoxy) is 1. The van der Waals surface area contributed by atoms with Crippen molar-refractivity contribution in [2.45, 2.75) is 33.5 Å². The molecule has 6 heteroatoms. The van der Waals surface area contributed by atoms with Crippen LogP contribution in [0.25, 0.3) is 0 Å². The quantitative estimate of drug-likeness (QED) is 0.640. The van der Waals surface area contributed by atoms with E-state index in [0.29, 0.717) is 23.4 Å². The molecule has 1 amide bonds. The summed E-state index contributed by atoms with van der Waals surface area (Å²) in [5.74, 6) is -0.310. The van der Waals surface area contributed by atoms with Crippen LogP contribution in [0.4, 0.5) is 11.4 Å². The minimum Gasteiger partial charge on any atom is -0.374 e. The first-order valence-corrected chi connectivity index (χ1v) is 7.64. The number of rotatable bonds is 6. The fraction of sp³-hybridized carbons (Fsp3) is 0.278. The molecule has 0 aliphatic rings. The van der Waals surface area contributed by atoms with Gasteiger partial charge in [-0.25, -0.2) is 0 Å². The minimum atomic E-state index is -0.464. The number of hydrogen-bond acceptors (Lipinski definition) is 4. The van der Waals surface area contributed by atoms with Gasteiger partial charge >= 0.3 is 0 Å². The van der Waals surface area contributed by atoms with Crippen LogP contribution in [0.3, 0.4) is 0 Å². The first-order valence-electron chi connectivity index (χ1n) is 7.64. The SMILES string of the molecule is Cc1c(NC(=O)c2ccc(COC(C)C)cc2)cccc1[N+](=O)[O-]. The molecule has 2 rings (SSSR count). The number of nitrogens with zero attached hydrogens (tertiary/aromatic N) is 1.